The van der Waals surface area contributed by atoms with E-state index >= 15 is 0 Å². The number of aryl methyl sites for hydroxylation is 1. The van der Waals surface area contributed by atoms with Crippen molar-refractivity contribution in [2.45, 2.75) is 97.3 Å². The van der Waals surface area contributed by atoms with Crippen molar-refractivity contribution in [1.82, 2.24) is 0 Å². The standard InChI is InChI=1S/C27H40O/c1-5-7-8-9-10-11-15-19-24-22(16-6-2)20-21-25(28)26(24)27(3,4)23-17-13-12-14-18-23/h12-14,17-18,20-21,28H,5-11,15-16,19H2,1-4H3. The maximum absolute atomic E-state index is 10.9. The maximum atomic E-state index is 10.9. The Kier molecular flexibility index (Phi) is 9.09. The normalized spacial score (nSPS) is 11.7. The summed E-state index contributed by atoms with van der Waals surface area (Å²) in [6, 6.07) is 14.7. The van der Waals surface area contributed by atoms with Crippen molar-refractivity contribution in [1.29, 1.82) is 0 Å². The summed E-state index contributed by atoms with van der Waals surface area (Å²) in [5.41, 5.74) is 5.01. The Morgan fingerprint density at radius 1 is 0.714 bits per heavy atom. The maximum Gasteiger partial charge on any atom is 0.119 e. The van der Waals surface area contributed by atoms with Crippen LogP contribution in [0.4, 0.5) is 0 Å². The molecule has 0 saturated carbocycles. The van der Waals surface area contributed by atoms with Crippen molar-refractivity contribution < 1.29 is 5.11 Å². The summed E-state index contributed by atoms with van der Waals surface area (Å²) in [4.78, 5) is 0. The summed E-state index contributed by atoms with van der Waals surface area (Å²) in [6.45, 7) is 9.02. The Morgan fingerprint density at radius 2 is 1.36 bits per heavy atom. The second kappa shape index (κ2) is 11.3. The zero-order valence-electron chi connectivity index (χ0n) is 18.6. The topological polar surface area (TPSA) is 20.2 Å². The van der Waals surface area contributed by atoms with Gasteiger partial charge in [-0.25, -0.2) is 0 Å². The molecule has 0 bridgehead atoms. The van der Waals surface area contributed by atoms with Gasteiger partial charge in [0.15, 0.2) is 0 Å². The number of phenolic OH excluding ortho intramolecular Hbond substituents is 1. The number of aromatic hydroxyl groups is 1. The first-order valence-corrected chi connectivity index (χ1v) is 11.4. The van der Waals surface area contributed by atoms with Crippen molar-refractivity contribution in [2.24, 2.45) is 0 Å². The first kappa shape index (κ1) is 22.5. The van der Waals surface area contributed by atoms with E-state index < -0.39 is 0 Å². The van der Waals surface area contributed by atoms with Gasteiger partial charge in [0.05, 0.1) is 0 Å². The molecular formula is C27H40O. The minimum Gasteiger partial charge on any atom is -0.508 e. The largest absolute Gasteiger partial charge is 0.508 e. The minimum absolute atomic E-state index is 0.203. The van der Waals surface area contributed by atoms with Gasteiger partial charge < -0.3 is 5.11 Å². The third-order valence-electron chi connectivity index (χ3n) is 6.06. The molecule has 2 rings (SSSR count). The molecule has 0 atom stereocenters. The smallest absolute Gasteiger partial charge is 0.119 e. The summed E-state index contributed by atoms with van der Waals surface area (Å²) < 4.78 is 0. The summed E-state index contributed by atoms with van der Waals surface area (Å²) in [7, 11) is 0. The van der Waals surface area contributed by atoms with Crippen LogP contribution >= 0.6 is 0 Å². The molecule has 0 radical (unpaired) electrons. The van der Waals surface area contributed by atoms with E-state index in [0.717, 1.165) is 24.8 Å². The van der Waals surface area contributed by atoms with E-state index in [1.54, 1.807) is 0 Å². The van der Waals surface area contributed by atoms with Gasteiger partial charge in [-0.1, -0.05) is 109 Å². The summed E-state index contributed by atoms with van der Waals surface area (Å²) in [6.07, 6.45) is 12.5. The fourth-order valence-corrected chi connectivity index (χ4v) is 4.42. The van der Waals surface area contributed by atoms with Gasteiger partial charge in [-0.2, -0.15) is 0 Å². The highest BCUT2D eigenvalue weighted by Crippen LogP contribution is 2.41. The Labute approximate surface area is 173 Å². The highest BCUT2D eigenvalue weighted by molar-refractivity contribution is 5.53. The molecule has 0 fully saturated rings. The van der Waals surface area contributed by atoms with E-state index in [0.29, 0.717) is 5.75 Å². The number of hydrogen-bond acceptors (Lipinski definition) is 1. The molecule has 0 aliphatic rings. The molecular weight excluding hydrogens is 340 g/mol. The van der Waals surface area contributed by atoms with Crippen LogP contribution in [0.2, 0.25) is 0 Å². The highest BCUT2D eigenvalue weighted by Gasteiger charge is 2.29. The molecule has 2 aromatic rings. The Balaban J connectivity index is 2.25. The first-order chi connectivity index (χ1) is 13.5. The van der Waals surface area contributed by atoms with E-state index in [1.807, 2.05) is 6.07 Å². The fraction of sp³-hybridized carbons (Fsp3) is 0.556. The summed E-state index contributed by atoms with van der Waals surface area (Å²) in [5.74, 6) is 0.451. The Morgan fingerprint density at radius 3 is 2.00 bits per heavy atom. The molecule has 0 aromatic heterocycles. The minimum atomic E-state index is -0.203. The molecule has 1 heteroatoms. The molecule has 0 spiro atoms. The van der Waals surface area contributed by atoms with Crippen LogP contribution in [0.15, 0.2) is 42.5 Å². The van der Waals surface area contributed by atoms with Crippen molar-refractivity contribution >= 4 is 0 Å². The van der Waals surface area contributed by atoms with Gasteiger partial charge >= 0.3 is 0 Å². The van der Waals surface area contributed by atoms with Crippen LogP contribution in [0.5, 0.6) is 5.75 Å². The van der Waals surface area contributed by atoms with Gasteiger partial charge in [0, 0.05) is 11.0 Å². The second-order valence-electron chi connectivity index (χ2n) is 8.71. The van der Waals surface area contributed by atoms with Gasteiger partial charge in [-0.05, 0) is 42.0 Å². The lowest BCUT2D eigenvalue weighted by molar-refractivity contribution is 0.449. The second-order valence-corrected chi connectivity index (χ2v) is 8.71. The van der Waals surface area contributed by atoms with E-state index in [2.05, 4.69) is 64.1 Å². The number of phenols is 1. The summed E-state index contributed by atoms with van der Waals surface area (Å²) in [5, 5.41) is 10.9. The molecule has 1 nitrogen and oxygen atoms in total. The number of rotatable bonds is 12. The third-order valence-corrected chi connectivity index (χ3v) is 6.06. The number of benzene rings is 2. The molecule has 0 aliphatic carbocycles. The van der Waals surface area contributed by atoms with Crippen molar-refractivity contribution in [2.75, 3.05) is 0 Å². The zero-order valence-corrected chi connectivity index (χ0v) is 18.6. The van der Waals surface area contributed by atoms with Crippen molar-refractivity contribution in [3.05, 3.63) is 64.7 Å². The lowest BCUT2D eigenvalue weighted by Gasteiger charge is -2.31. The molecule has 0 aliphatic heterocycles. The van der Waals surface area contributed by atoms with E-state index in [4.69, 9.17) is 0 Å². The summed E-state index contributed by atoms with van der Waals surface area (Å²) >= 11 is 0. The molecule has 0 heterocycles. The van der Waals surface area contributed by atoms with Crippen LogP contribution in [0.1, 0.15) is 101 Å². The molecule has 0 amide bonds. The van der Waals surface area contributed by atoms with Gasteiger partial charge in [-0.15, -0.1) is 0 Å². The molecule has 154 valence electrons. The SMILES string of the molecule is CCCCCCCCCc1c(CCC)ccc(O)c1C(C)(C)c1ccccc1. The highest BCUT2D eigenvalue weighted by atomic mass is 16.3. The molecule has 28 heavy (non-hydrogen) atoms. The average molecular weight is 381 g/mol. The lowest BCUT2D eigenvalue weighted by Crippen LogP contribution is -2.22. The predicted octanol–water partition coefficient (Wildman–Crippen LogP) is 7.96. The van der Waals surface area contributed by atoms with Gasteiger partial charge in [0.1, 0.15) is 5.75 Å². The quantitative estimate of drug-likeness (QED) is 0.370. The van der Waals surface area contributed by atoms with Crippen LogP contribution in [-0.2, 0) is 18.3 Å². The lowest BCUT2D eigenvalue weighted by atomic mass is 9.73. The Hall–Kier alpha value is -1.76. The van der Waals surface area contributed by atoms with Crippen LogP contribution in [-0.4, -0.2) is 5.11 Å². The average Bonchev–Trinajstić information content (AvgIpc) is 2.69. The molecule has 0 unspecified atom stereocenters. The van der Waals surface area contributed by atoms with Crippen molar-refractivity contribution in [3.8, 4) is 5.75 Å². The van der Waals surface area contributed by atoms with E-state index in [9.17, 15) is 5.11 Å². The predicted molar refractivity (Wildman–Crippen MR) is 122 cm³/mol. The van der Waals surface area contributed by atoms with Crippen LogP contribution in [0.25, 0.3) is 0 Å². The van der Waals surface area contributed by atoms with Crippen LogP contribution in [0, 0.1) is 0 Å². The first-order valence-electron chi connectivity index (χ1n) is 11.4. The van der Waals surface area contributed by atoms with Crippen LogP contribution in [0.3, 0.4) is 0 Å². The van der Waals surface area contributed by atoms with Gasteiger partial charge in [0.2, 0.25) is 0 Å². The van der Waals surface area contributed by atoms with Crippen LogP contribution < -0.4 is 0 Å². The molecule has 1 N–H and O–H groups in total. The number of hydrogen-bond donors (Lipinski definition) is 1. The van der Waals surface area contributed by atoms with Gasteiger partial charge in [0.25, 0.3) is 0 Å². The van der Waals surface area contributed by atoms with E-state index in [-0.39, 0.29) is 5.41 Å². The molecule has 0 saturated heterocycles. The molecule has 2 aromatic carbocycles. The monoisotopic (exact) mass is 380 g/mol. The fourth-order valence-electron chi connectivity index (χ4n) is 4.42. The van der Waals surface area contributed by atoms with Gasteiger partial charge in [-0.3, -0.25) is 0 Å². The number of unbranched alkanes of at least 4 members (excludes halogenated alkanes) is 6. The van der Waals surface area contributed by atoms with E-state index in [1.165, 1.54) is 61.6 Å². The third kappa shape index (κ3) is 5.87. The Bertz CT molecular complexity index is 700. The zero-order chi connectivity index (χ0) is 20.4. The van der Waals surface area contributed by atoms with Crippen molar-refractivity contribution in [3.63, 3.8) is 0 Å².